The van der Waals surface area contributed by atoms with Crippen molar-refractivity contribution in [2.45, 2.75) is 0 Å². The molecule has 0 atom stereocenters. The summed E-state index contributed by atoms with van der Waals surface area (Å²) < 4.78 is 5.35. The highest BCUT2D eigenvalue weighted by Crippen LogP contribution is 2.24. The molecule has 5 N–H and O–H groups in total. The topological polar surface area (TPSA) is 86.4 Å². The van der Waals surface area contributed by atoms with E-state index in [4.69, 9.17) is 16.0 Å². The molecule has 0 aromatic carbocycles. The number of fused-ring (bicyclic) bond motifs is 1. The number of hydrazine groups is 1. The highest BCUT2D eigenvalue weighted by molar-refractivity contribution is 5.97. The Kier molecular flexibility index (Phi) is 1.78. The number of allylic oxidation sites excluding steroid dienone is 3. The van der Waals surface area contributed by atoms with Crippen molar-refractivity contribution in [3.05, 3.63) is 47.3 Å². The largest absolute Gasteiger partial charge is 0.463 e. The van der Waals surface area contributed by atoms with Crippen LogP contribution >= 0.6 is 0 Å². The molecule has 0 saturated carbocycles. The minimum atomic E-state index is 0.263. The van der Waals surface area contributed by atoms with Crippen LogP contribution in [0.5, 0.6) is 0 Å². The third-order valence-electron chi connectivity index (χ3n) is 2.57. The number of rotatable bonds is 0. The maximum atomic E-state index is 7.85. The molecule has 6 heteroatoms. The van der Waals surface area contributed by atoms with E-state index in [-0.39, 0.29) is 5.84 Å². The van der Waals surface area contributed by atoms with Crippen LogP contribution in [0.25, 0.3) is 0 Å². The standard InChI is InChI=1S/C10H11N5O/c11-10-9-7(13-5-15(10)12)4-8-6(14-9)2-1-3-16-8/h1-4,11,13-14H,5,12H2. The Balaban J connectivity index is 2.03. The fourth-order valence-electron chi connectivity index (χ4n) is 1.73. The minimum absolute atomic E-state index is 0.263. The molecule has 6 nitrogen and oxygen atoms in total. The molecular weight excluding hydrogens is 206 g/mol. The van der Waals surface area contributed by atoms with E-state index in [1.54, 1.807) is 12.3 Å². The summed E-state index contributed by atoms with van der Waals surface area (Å²) >= 11 is 0. The second kappa shape index (κ2) is 3.14. The lowest BCUT2D eigenvalue weighted by atomic mass is 10.1. The summed E-state index contributed by atoms with van der Waals surface area (Å²) in [5.74, 6) is 6.65. The highest BCUT2D eigenvalue weighted by atomic mass is 16.5. The van der Waals surface area contributed by atoms with Crippen molar-refractivity contribution >= 4 is 5.84 Å². The summed E-state index contributed by atoms with van der Waals surface area (Å²) in [6.07, 6.45) is 7.17. The van der Waals surface area contributed by atoms with E-state index < -0.39 is 0 Å². The first kappa shape index (κ1) is 9.05. The van der Waals surface area contributed by atoms with Gasteiger partial charge in [-0.25, -0.2) is 5.84 Å². The number of hydrogen-bond acceptors (Lipinski definition) is 5. The van der Waals surface area contributed by atoms with Gasteiger partial charge in [0, 0.05) is 6.08 Å². The molecule has 0 saturated heterocycles. The van der Waals surface area contributed by atoms with Crippen LogP contribution < -0.4 is 16.5 Å². The quantitative estimate of drug-likeness (QED) is 0.423. The van der Waals surface area contributed by atoms with Crippen LogP contribution in [0, 0.1) is 5.41 Å². The molecule has 0 aliphatic carbocycles. The molecule has 3 aliphatic heterocycles. The first-order chi connectivity index (χ1) is 7.75. The zero-order valence-electron chi connectivity index (χ0n) is 8.45. The molecule has 16 heavy (non-hydrogen) atoms. The molecule has 0 unspecified atom stereocenters. The summed E-state index contributed by atoms with van der Waals surface area (Å²) in [5.41, 5.74) is 2.33. The third-order valence-corrected chi connectivity index (χ3v) is 2.57. The van der Waals surface area contributed by atoms with Gasteiger partial charge < -0.3 is 15.4 Å². The summed E-state index contributed by atoms with van der Waals surface area (Å²) in [4.78, 5) is 0. The van der Waals surface area contributed by atoms with Crippen molar-refractivity contribution in [3.63, 3.8) is 0 Å². The molecule has 0 aromatic heterocycles. The molecule has 3 heterocycles. The van der Waals surface area contributed by atoms with Crippen molar-refractivity contribution in [1.29, 1.82) is 5.41 Å². The number of nitrogens with zero attached hydrogens (tertiary/aromatic N) is 1. The van der Waals surface area contributed by atoms with Gasteiger partial charge in [-0.2, -0.15) is 0 Å². The number of nitrogens with one attached hydrogen (secondary N) is 3. The fraction of sp³-hybridized carbons (Fsp3) is 0.100. The molecule has 0 spiro atoms. The van der Waals surface area contributed by atoms with Crippen LogP contribution in [0.4, 0.5) is 0 Å². The van der Waals surface area contributed by atoms with E-state index in [2.05, 4.69) is 10.6 Å². The van der Waals surface area contributed by atoms with E-state index in [9.17, 15) is 0 Å². The average molecular weight is 217 g/mol. The molecular formula is C10H11N5O. The maximum Gasteiger partial charge on any atom is 0.163 e. The van der Waals surface area contributed by atoms with Crippen molar-refractivity contribution in [2.75, 3.05) is 6.67 Å². The summed E-state index contributed by atoms with van der Waals surface area (Å²) in [7, 11) is 0. The number of ether oxygens (including phenoxy) is 1. The SMILES string of the molecule is N=C1C2=C(C=C3OC=CC=C3N2)NCN1N. The van der Waals surface area contributed by atoms with Gasteiger partial charge in [0.25, 0.3) is 0 Å². The Morgan fingerprint density at radius 3 is 3.25 bits per heavy atom. The molecule has 3 aliphatic rings. The zero-order chi connectivity index (χ0) is 11.1. The predicted octanol–water partition coefficient (Wildman–Crippen LogP) is -0.173. The number of nitrogens with two attached hydrogens (primary N) is 1. The lowest BCUT2D eigenvalue weighted by molar-refractivity contribution is 0.343. The maximum absolute atomic E-state index is 7.85. The number of hydrogen-bond donors (Lipinski definition) is 4. The van der Waals surface area contributed by atoms with Crippen LogP contribution in [0.1, 0.15) is 0 Å². The van der Waals surface area contributed by atoms with Gasteiger partial charge in [-0.1, -0.05) is 0 Å². The Labute approximate surface area is 92.2 Å². The highest BCUT2D eigenvalue weighted by Gasteiger charge is 2.27. The monoisotopic (exact) mass is 217 g/mol. The Morgan fingerprint density at radius 2 is 2.38 bits per heavy atom. The van der Waals surface area contributed by atoms with Gasteiger partial charge in [0.15, 0.2) is 11.6 Å². The van der Waals surface area contributed by atoms with E-state index in [0.717, 1.165) is 17.2 Å². The van der Waals surface area contributed by atoms with E-state index >= 15 is 0 Å². The lowest BCUT2D eigenvalue weighted by Gasteiger charge is -2.33. The normalized spacial score (nSPS) is 22.3. The molecule has 0 aromatic rings. The summed E-state index contributed by atoms with van der Waals surface area (Å²) in [6.45, 7) is 0.415. The first-order valence-electron chi connectivity index (χ1n) is 4.87. The van der Waals surface area contributed by atoms with Crippen LogP contribution in [0.3, 0.4) is 0 Å². The minimum Gasteiger partial charge on any atom is -0.463 e. The Hall–Kier alpha value is -2.21. The van der Waals surface area contributed by atoms with Crippen LogP contribution in [0.2, 0.25) is 0 Å². The van der Waals surface area contributed by atoms with Crippen LogP contribution in [-0.4, -0.2) is 17.5 Å². The van der Waals surface area contributed by atoms with Crippen molar-refractivity contribution in [1.82, 2.24) is 15.6 Å². The number of dihydropyridines is 1. The van der Waals surface area contributed by atoms with Gasteiger partial charge in [0.05, 0.1) is 17.7 Å². The van der Waals surface area contributed by atoms with Gasteiger partial charge in [0.1, 0.15) is 12.4 Å². The van der Waals surface area contributed by atoms with Gasteiger partial charge >= 0.3 is 0 Å². The molecule has 82 valence electrons. The van der Waals surface area contributed by atoms with Gasteiger partial charge in [-0.15, -0.1) is 0 Å². The Morgan fingerprint density at radius 1 is 1.50 bits per heavy atom. The molecule has 0 radical (unpaired) electrons. The van der Waals surface area contributed by atoms with Crippen molar-refractivity contribution < 1.29 is 4.74 Å². The number of amidine groups is 1. The first-order valence-corrected chi connectivity index (χ1v) is 4.87. The second-order valence-electron chi connectivity index (χ2n) is 3.60. The molecule has 0 bridgehead atoms. The molecule has 3 rings (SSSR count). The Bertz CT molecular complexity index is 485. The van der Waals surface area contributed by atoms with Crippen molar-refractivity contribution in [3.8, 4) is 0 Å². The average Bonchev–Trinajstić information content (AvgIpc) is 2.32. The van der Waals surface area contributed by atoms with Gasteiger partial charge in [-0.05, 0) is 12.2 Å². The lowest BCUT2D eigenvalue weighted by Crippen LogP contribution is -2.51. The fourth-order valence-corrected chi connectivity index (χ4v) is 1.73. The van der Waals surface area contributed by atoms with Crippen LogP contribution in [-0.2, 0) is 4.74 Å². The van der Waals surface area contributed by atoms with Gasteiger partial charge in [-0.3, -0.25) is 10.4 Å². The van der Waals surface area contributed by atoms with Gasteiger partial charge in [0.2, 0.25) is 0 Å². The van der Waals surface area contributed by atoms with Crippen molar-refractivity contribution in [2.24, 2.45) is 5.84 Å². The van der Waals surface area contributed by atoms with E-state index in [1.165, 1.54) is 5.01 Å². The summed E-state index contributed by atoms with van der Waals surface area (Å²) in [5, 5.41) is 15.4. The third kappa shape index (κ3) is 1.20. The molecule has 0 fully saturated rings. The predicted molar refractivity (Wildman–Crippen MR) is 58.3 cm³/mol. The zero-order valence-corrected chi connectivity index (χ0v) is 8.45. The van der Waals surface area contributed by atoms with E-state index in [0.29, 0.717) is 12.4 Å². The second-order valence-corrected chi connectivity index (χ2v) is 3.60. The smallest absolute Gasteiger partial charge is 0.163 e. The molecule has 0 amide bonds. The van der Waals surface area contributed by atoms with E-state index in [1.807, 2.05) is 12.2 Å². The summed E-state index contributed by atoms with van der Waals surface area (Å²) in [6, 6.07) is 0. The van der Waals surface area contributed by atoms with Crippen LogP contribution in [0.15, 0.2) is 47.3 Å².